The summed E-state index contributed by atoms with van der Waals surface area (Å²) in [6.07, 6.45) is 2.57. The van der Waals surface area contributed by atoms with Crippen LogP contribution in [-0.2, 0) is 4.79 Å². The molecule has 1 amide bonds. The molecule has 0 saturated heterocycles. The Morgan fingerprint density at radius 1 is 1.53 bits per heavy atom. The van der Waals surface area contributed by atoms with Crippen molar-refractivity contribution in [2.24, 2.45) is 5.92 Å². The number of hydrogen-bond donors (Lipinski definition) is 1. The second-order valence-electron chi connectivity index (χ2n) is 4.85. The van der Waals surface area contributed by atoms with E-state index in [4.69, 9.17) is 16.3 Å². The topological polar surface area (TPSA) is 41.6 Å². The van der Waals surface area contributed by atoms with Crippen LogP contribution in [0.5, 0.6) is 5.75 Å². The monoisotopic (exact) mass is 282 g/mol. The van der Waals surface area contributed by atoms with Crippen LogP contribution in [0.2, 0.25) is 5.02 Å². The van der Waals surface area contributed by atoms with E-state index in [1.807, 2.05) is 6.07 Å². The summed E-state index contributed by atoms with van der Waals surface area (Å²) < 4.78 is 5.09. The summed E-state index contributed by atoms with van der Waals surface area (Å²) >= 11 is 6.05. The van der Waals surface area contributed by atoms with Crippen LogP contribution in [0, 0.1) is 5.92 Å². The molecule has 19 heavy (non-hydrogen) atoms. The average Bonchev–Trinajstić information content (AvgIpc) is 3.21. The van der Waals surface area contributed by atoms with Crippen molar-refractivity contribution >= 4 is 23.2 Å². The van der Waals surface area contributed by atoms with E-state index in [0.29, 0.717) is 17.3 Å². The molecule has 0 atom stereocenters. The molecule has 1 N–H and O–H groups in total. The molecule has 0 aliphatic heterocycles. The first-order chi connectivity index (χ1) is 9.11. The summed E-state index contributed by atoms with van der Waals surface area (Å²) in [5.41, 5.74) is 0.768. The zero-order valence-corrected chi connectivity index (χ0v) is 12.0. The number of anilines is 1. The van der Waals surface area contributed by atoms with Crippen molar-refractivity contribution in [1.82, 2.24) is 5.32 Å². The number of carbonyl (C=O) groups excluding carboxylic acids is 1. The van der Waals surface area contributed by atoms with E-state index in [1.165, 1.54) is 12.8 Å². The quantitative estimate of drug-likeness (QED) is 0.871. The van der Waals surface area contributed by atoms with Crippen LogP contribution in [0.4, 0.5) is 5.69 Å². The minimum atomic E-state index is 0.0295. The molecule has 1 fully saturated rings. The molecule has 0 radical (unpaired) electrons. The zero-order valence-electron chi connectivity index (χ0n) is 11.3. The minimum absolute atomic E-state index is 0.0295. The van der Waals surface area contributed by atoms with E-state index >= 15 is 0 Å². The van der Waals surface area contributed by atoms with Gasteiger partial charge in [0.2, 0.25) is 5.91 Å². The number of amides is 1. The predicted molar refractivity (Wildman–Crippen MR) is 77.0 cm³/mol. The first-order valence-corrected chi connectivity index (χ1v) is 6.80. The molecule has 1 aromatic carbocycles. The third-order valence-corrected chi connectivity index (χ3v) is 3.60. The van der Waals surface area contributed by atoms with Crippen LogP contribution in [0.1, 0.15) is 12.8 Å². The normalized spacial score (nSPS) is 14.3. The van der Waals surface area contributed by atoms with Crippen LogP contribution >= 0.6 is 11.6 Å². The average molecular weight is 283 g/mol. The molecule has 0 unspecified atom stereocenters. The molecule has 0 aromatic heterocycles. The van der Waals surface area contributed by atoms with Gasteiger partial charge in [-0.1, -0.05) is 11.6 Å². The summed E-state index contributed by atoms with van der Waals surface area (Å²) in [5.74, 6) is 1.41. The van der Waals surface area contributed by atoms with Gasteiger partial charge >= 0.3 is 0 Å². The number of nitrogens with zero attached hydrogens (tertiary/aromatic N) is 1. The van der Waals surface area contributed by atoms with Crippen LogP contribution in [0.25, 0.3) is 0 Å². The van der Waals surface area contributed by atoms with Gasteiger partial charge in [-0.3, -0.25) is 4.79 Å². The molecule has 0 bridgehead atoms. The van der Waals surface area contributed by atoms with Gasteiger partial charge in [0.1, 0.15) is 5.75 Å². The number of ether oxygens (including phenoxy) is 1. The van der Waals surface area contributed by atoms with E-state index in [1.54, 1.807) is 31.2 Å². The Balaban J connectivity index is 1.91. The Morgan fingerprint density at radius 2 is 2.26 bits per heavy atom. The maximum absolute atomic E-state index is 12.0. The standard InChI is InChI=1S/C14H19ClN2O2/c1-17(14(18)9-16-8-10-3-4-10)11-5-6-13(19-2)12(15)7-11/h5-7,10,16H,3-4,8-9H2,1-2H3. The third kappa shape index (κ3) is 3.85. The summed E-state index contributed by atoms with van der Waals surface area (Å²) in [7, 11) is 3.32. The number of benzene rings is 1. The van der Waals surface area contributed by atoms with Gasteiger partial charge in [0.25, 0.3) is 0 Å². The van der Waals surface area contributed by atoms with Gasteiger partial charge in [-0.15, -0.1) is 0 Å². The van der Waals surface area contributed by atoms with Gasteiger partial charge in [0, 0.05) is 12.7 Å². The first-order valence-electron chi connectivity index (χ1n) is 6.42. The van der Waals surface area contributed by atoms with Crippen LogP contribution < -0.4 is 15.0 Å². The molecular formula is C14H19ClN2O2. The molecule has 104 valence electrons. The second kappa shape index (κ2) is 6.26. The Hall–Kier alpha value is -1.26. The molecule has 0 spiro atoms. The van der Waals surface area contributed by atoms with Crippen molar-refractivity contribution in [2.75, 3.05) is 32.1 Å². The fraction of sp³-hybridized carbons (Fsp3) is 0.500. The molecule has 1 aromatic rings. The summed E-state index contributed by atoms with van der Waals surface area (Å²) in [4.78, 5) is 13.6. The van der Waals surface area contributed by atoms with E-state index in [0.717, 1.165) is 18.2 Å². The van der Waals surface area contributed by atoms with Crippen molar-refractivity contribution in [2.45, 2.75) is 12.8 Å². The molecule has 2 rings (SSSR count). The number of methoxy groups -OCH3 is 1. The first kappa shape index (κ1) is 14.2. The van der Waals surface area contributed by atoms with Crippen molar-refractivity contribution < 1.29 is 9.53 Å². The maximum atomic E-state index is 12.0. The Labute approximate surface area is 118 Å². The molecule has 5 heteroatoms. The molecule has 1 aliphatic carbocycles. The molecule has 1 aliphatic rings. The second-order valence-corrected chi connectivity index (χ2v) is 5.25. The highest BCUT2D eigenvalue weighted by Crippen LogP contribution is 2.29. The van der Waals surface area contributed by atoms with Gasteiger partial charge in [0.15, 0.2) is 0 Å². The van der Waals surface area contributed by atoms with Gasteiger partial charge in [-0.2, -0.15) is 0 Å². The van der Waals surface area contributed by atoms with Crippen LogP contribution in [0.15, 0.2) is 18.2 Å². The van der Waals surface area contributed by atoms with E-state index in [-0.39, 0.29) is 5.91 Å². The number of likely N-dealkylation sites (N-methyl/N-ethyl adjacent to an activating group) is 1. The van der Waals surface area contributed by atoms with Gasteiger partial charge in [-0.05, 0) is 43.5 Å². The van der Waals surface area contributed by atoms with Crippen LogP contribution in [0.3, 0.4) is 0 Å². The van der Waals surface area contributed by atoms with Gasteiger partial charge in [-0.25, -0.2) is 0 Å². The lowest BCUT2D eigenvalue weighted by Gasteiger charge is -2.18. The smallest absolute Gasteiger partial charge is 0.240 e. The lowest BCUT2D eigenvalue weighted by molar-refractivity contribution is -0.117. The summed E-state index contributed by atoms with van der Waals surface area (Å²) in [5, 5.41) is 3.69. The maximum Gasteiger partial charge on any atom is 0.240 e. The van der Waals surface area contributed by atoms with E-state index in [2.05, 4.69) is 5.32 Å². The van der Waals surface area contributed by atoms with Crippen molar-refractivity contribution in [3.05, 3.63) is 23.2 Å². The number of carbonyl (C=O) groups is 1. The fourth-order valence-corrected chi connectivity index (χ4v) is 2.08. The highest BCUT2D eigenvalue weighted by Gasteiger charge is 2.21. The van der Waals surface area contributed by atoms with E-state index in [9.17, 15) is 4.79 Å². The zero-order chi connectivity index (χ0) is 13.8. The van der Waals surface area contributed by atoms with Gasteiger partial charge < -0.3 is 15.0 Å². The molecule has 0 heterocycles. The number of hydrogen-bond acceptors (Lipinski definition) is 3. The summed E-state index contributed by atoms with van der Waals surface area (Å²) in [6.45, 7) is 1.29. The molecule has 4 nitrogen and oxygen atoms in total. The largest absolute Gasteiger partial charge is 0.495 e. The Bertz CT molecular complexity index is 461. The highest BCUT2D eigenvalue weighted by atomic mass is 35.5. The van der Waals surface area contributed by atoms with E-state index < -0.39 is 0 Å². The van der Waals surface area contributed by atoms with Crippen molar-refractivity contribution in [3.63, 3.8) is 0 Å². The molecular weight excluding hydrogens is 264 g/mol. The third-order valence-electron chi connectivity index (χ3n) is 3.30. The van der Waals surface area contributed by atoms with Gasteiger partial charge in [0.05, 0.1) is 18.7 Å². The highest BCUT2D eigenvalue weighted by molar-refractivity contribution is 6.32. The minimum Gasteiger partial charge on any atom is -0.495 e. The number of nitrogens with one attached hydrogen (secondary N) is 1. The van der Waals surface area contributed by atoms with Crippen molar-refractivity contribution in [3.8, 4) is 5.75 Å². The number of halogens is 1. The Morgan fingerprint density at radius 3 is 2.84 bits per heavy atom. The summed E-state index contributed by atoms with van der Waals surface area (Å²) in [6, 6.07) is 5.32. The molecule has 1 saturated carbocycles. The predicted octanol–water partition coefficient (Wildman–Crippen LogP) is 2.31. The van der Waals surface area contributed by atoms with Crippen molar-refractivity contribution in [1.29, 1.82) is 0 Å². The lowest BCUT2D eigenvalue weighted by Crippen LogP contribution is -2.36. The lowest BCUT2D eigenvalue weighted by atomic mass is 10.2. The number of rotatable bonds is 6. The SMILES string of the molecule is COc1ccc(N(C)C(=O)CNCC2CC2)cc1Cl. The van der Waals surface area contributed by atoms with Crippen LogP contribution in [-0.4, -0.2) is 33.2 Å². The Kier molecular flexibility index (Phi) is 4.66. The fourth-order valence-electron chi connectivity index (χ4n) is 1.83.